The van der Waals surface area contributed by atoms with Crippen LogP contribution in [0.5, 0.6) is 0 Å². The number of benzene rings is 2. The lowest BCUT2D eigenvalue weighted by molar-refractivity contribution is -0.118. The van der Waals surface area contributed by atoms with Gasteiger partial charge in [-0.15, -0.1) is 0 Å². The zero-order valence-electron chi connectivity index (χ0n) is 18.3. The Kier molecular flexibility index (Phi) is 4.60. The summed E-state index contributed by atoms with van der Waals surface area (Å²) in [5.41, 5.74) is 6.98. The standard InChI is InChI=1S/C26H26ClN3O/c1-15-8-10-19(11-9-15)30-25-22(16(2)29-30)23(17-6-5-7-18(27)12-17)24-20(28-25)13-26(3,4)14-21(24)31/h5-12,23,28H,13-14H2,1-4H3. The number of fused-ring (bicyclic) bond motifs is 1. The zero-order chi connectivity index (χ0) is 21.9. The molecule has 4 nitrogen and oxygen atoms in total. The number of hydrogen-bond donors (Lipinski definition) is 1. The van der Waals surface area contributed by atoms with Crippen LogP contribution in [0.15, 0.2) is 59.8 Å². The van der Waals surface area contributed by atoms with E-state index in [1.165, 1.54) is 5.56 Å². The van der Waals surface area contributed by atoms with Crippen molar-refractivity contribution in [2.24, 2.45) is 5.41 Å². The number of allylic oxidation sites excluding steroid dienone is 2. The molecule has 158 valence electrons. The summed E-state index contributed by atoms with van der Waals surface area (Å²) in [5, 5.41) is 9.19. The van der Waals surface area contributed by atoms with Crippen LogP contribution >= 0.6 is 11.6 Å². The number of anilines is 1. The van der Waals surface area contributed by atoms with Gasteiger partial charge in [0.1, 0.15) is 5.82 Å². The number of ketones is 1. The van der Waals surface area contributed by atoms with Gasteiger partial charge in [-0.25, -0.2) is 4.68 Å². The van der Waals surface area contributed by atoms with E-state index in [-0.39, 0.29) is 17.1 Å². The van der Waals surface area contributed by atoms with Crippen LogP contribution in [0.3, 0.4) is 0 Å². The first-order valence-corrected chi connectivity index (χ1v) is 11.1. The van der Waals surface area contributed by atoms with E-state index < -0.39 is 0 Å². The van der Waals surface area contributed by atoms with E-state index in [4.69, 9.17) is 16.7 Å². The molecule has 0 saturated carbocycles. The number of rotatable bonds is 2. The predicted molar refractivity (Wildman–Crippen MR) is 125 cm³/mol. The second-order valence-corrected chi connectivity index (χ2v) is 9.98. The molecule has 2 aromatic carbocycles. The molecule has 2 aliphatic rings. The first-order chi connectivity index (χ1) is 14.7. The topological polar surface area (TPSA) is 46.9 Å². The third-order valence-corrected chi connectivity index (χ3v) is 6.57. The maximum atomic E-state index is 13.4. The highest BCUT2D eigenvalue weighted by Crippen LogP contribution is 2.50. The molecule has 1 unspecified atom stereocenters. The van der Waals surface area contributed by atoms with E-state index in [2.05, 4.69) is 56.4 Å². The minimum Gasteiger partial charge on any atom is -0.343 e. The Morgan fingerprint density at radius 3 is 2.55 bits per heavy atom. The summed E-state index contributed by atoms with van der Waals surface area (Å²) in [6.45, 7) is 8.41. The number of halogens is 1. The van der Waals surface area contributed by atoms with Gasteiger partial charge in [-0.1, -0.05) is 55.3 Å². The SMILES string of the molecule is Cc1ccc(-n2nc(C)c3c2NC2=C(C(=O)CC(C)(C)C2)C3c2cccc(Cl)c2)cc1. The Balaban J connectivity index is 1.76. The molecule has 1 N–H and O–H groups in total. The molecule has 0 saturated heterocycles. The van der Waals surface area contributed by atoms with Crippen LogP contribution in [0.25, 0.3) is 5.69 Å². The number of nitrogens with zero attached hydrogens (tertiary/aromatic N) is 2. The van der Waals surface area contributed by atoms with Crippen LogP contribution in [-0.2, 0) is 4.79 Å². The largest absolute Gasteiger partial charge is 0.343 e. The summed E-state index contributed by atoms with van der Waals surface area (Å²) in [7, 11) is 0. The van der Waals surface area contributed by atoms with Crippen molar-refractivity contribution in [3.05, 3.63) is 87.2 Å². The van der Waals surface area contributed by atoms with E-state index in [9.17, 15) is 4.79 Å². The van der Waals surface area contributed by atoms with Crippen LogP contribution in [0.1, 0.15) is 55.0 Å². The van der Waals surface area contributed by atoms with Crippen LogP contribution in [0.4, 0.5) is 5.82 Å². The van der Waals surface area contributed by atoms with Gasteiger partial charge in [-0.05, 0) is 55.5 Å². The maximum Gasteiger partial charge on any atom is 0.162 e. The molecule has 1 aliphatic heterocycles. The van der Waals surface area contributed by atoms with Crippen molar-refractivity contribution >= 4 is 23.2 Å². The lowest BCUT2D eigenvalue weighted by Crippen LogP contribution is -2.34. The maximum absolute atomic E-state index is 13.4. The highest BCUT2D eigenvalue weighted by atomic mass is 35.5. The summed E-state index contributed by atoms with van der Waals surface area (Å²) < 4.78 is 1.97. The number of hydrogen-bond acceptors (Lipinski definition) is 3. The first kappa shape index (κ1) is 20.1. The lowest BCUT2D eigenvalue weighted by atomic mass is 9.69. The fourth-order valence-electron chi connectivity index (χ4n) is 4.97. The molecule has 0 bridgehead atoms. The second kappa shape index (κ2) is 7.10. The minimum absolute atomic E-state index is 0.0803. The average Bonchev–Trinajstić information content (AvgIpc) is 3.02. The van der Waals surface area contributed by atoms with Gasteiger partial charge in [-0.2, -0.15) is 5.10 Å². The van der Waals surface area contributed by atoms with Gasteiger partial charge in [0.05, 0.1) is 11.4 Å². The van der Waals surface area contributed by atoms with Crippen molar-refractivity contribution in [3.63, 3.8) is 0 Å². The molecule has 5 heteroatoms. The van der Waals surface area contributed by atoms with Gasteiger partial charge in [0.2, 0.25) is 0 Å². The van der Waals surface area contributed by atoms with E-state index in [1.807, 2.05) is 29.8 Å². The van der Waals surface area contributed by atoms with Crippen molar-refractivity contribution in [2.75, 3.05) is 5.32 Å². The van der Waals surface area contributed by atoms with Crippen LogP contribution in [0, 0.1) is 19.3 Å². The number of carbonyl (C=O) groups excluding carboxylic acids is 1. The molecule has 5 rings (SSSR count). The molecule has 0 fully saturated rings. The Morgan fingerprint density at radius 2 is 1.84 bits per heavy atom. The van der Waals surface area contributed by atoms with E-state index >= 15 is 0 Å². The van der Waals surface area contributed by atoms with Gasteiger partial charge >= 0.3 is 0 Å². The number of carbonyl (C=O) groups is 1. The number of nitrogens with one attached hydrogen (secondary N) is 1. The summed E-state index contributed by atoms with van der Waals surface area (Å²) in [6.07, 6.45) is 1.37. The smallest absolute Gasteiger partial charge is 0.162 e. The molecule has 1 aliphatic carbocycles. The fourth-order valence-corrected chi connectivity index (χ4v) is 5.16. The van der Waals surface area contributed by atoms with Crippen LogP contribution in [0.2, 0.25) is 5.02 Å². The number of aromatic nitrogens is 2. The molecule has 0 spiro atoms. The Labute approximate surface area is 187 Å². The average molecular weight is 432 g/mol. The summed E-state index contributed by atoms with van der Waals surface area (Å²) in [5.74, 6) is 0.972. The third kappa shape index (κ3) is 3.39. The van der Waals surface area contributed by atoms with Crippen molar-refractivity contribution in [1.82, 2.24) is 9.78 Å². The molecule has 0 amide bonds. The summed E-state index contributed by atoms with van der Waals surface area (Å²) >= 11 is 6.37. The Hall–Kier alpha value is -2.85. The van der Waals surface area contributed by atoms with Gasteiger partial charge in [0.15, 0.2) is 5.78 Å². The summed E-state index contributed by atoms with van der Waals surface area (Å²) in [6, 6.07) is 16.2. The van der Waals surface area contributed by atoms with Gasteiger partial charge in [0, 0.05) is 34.2 Å². The molecular formula is C26H26ClN3O. The highest BCUT2D eigenvalue weighted by molar-refractivity contribution is 6.30. The first-order valence-electron chi connectivity index (χ1n) is 10.7. The minimum atomic E-state index is -0.173. The van der Waals surface area contributed by atoms with Crippen molar-refractivity contribution in [2.45, 2.75) is 46.5 Å². The predicted octanol–water partition coefficient (Wildman–Crippen LogP) is 6.34. The van der Waals surface area contributed by atoms with Crippen molar-refractivity contribution < 1.29 is 4.79 Å². The zero-order valence-corrected chi connectivity index (χ0v) is 19.0. The number of Topliss-reactive ketones (excluding diaryl/α,β-unsaturated/α-hetero) is 1. The highest BCUT2D eigenvalue weighted by Gasteiger charge is 2.43. The molecular weight excluding hydrogens is 406 g/mol. The molecule has 31 heavy (non-hydrogen) atoms. The Morgan fingerprint density at radius 1 is 1.10 bits per heavy atom. The van der Waals surface area contributed by atoms with E-state index in [0.29, 0.717) is 11.4 Å². The van der Waals surface area contributed by atoms with Gasteiger partial charge in [0.25, 0.3) is 0 Å². The normalized spacial score (nSPS) is 19.6. The monoisotopic (exact) mass is 431 g/mol. The quantitative estimate of drug-likeness (QED) is 0.514. The fraction of sp³-hybridized carbons (Fsp3) is 0.308. The molecule has 0 radical (unpaired) electrons. The molecule has 2 heterocycles. The van der Waals surface area contributed by atoms with Crippen LogP contribution < -0.4 is 5.32 Å². The number of aryl methyl sites for hydroxylation is 2. The summed E-state index contributed by atoms with van der Waals surface area (Å²) in [4.78, 5) is 13.4. The van der Waals surface area contributed by atoms with Gasteiger partial charge in [-0.3, -0.25) is 4.79 Å². The lowest BCUT2D eigenvalue weighted by Gasteiger charge is -2.38. The Bertz CT molecular complexity index is 1230. The van der Waals surface area contributed by atoms with Gasteiger partial charge < -0.3 is 5.32 Å². The molecule has 1 aromatic heterocycles. The third-order valence-electron chi connectivity index (χ3n) is 6.33. The second-order valence-electron chi connectivity index (χ2n) is 9.54. The van der Waals surface area contributed by atoms with Crippen molar-refractivity contribution in [3.8, 4) is 5.69 Å². The van der Waals surface area contributed by atoms with E-state index in [1.54, 1.807) is 0 Å². The van der Waals surface area contributed by atoms with Crippen LogP contribution in [-0.4, -0.2) is 15.6 Å². The van der Waals surface area contributed by atoms with Crippen molar-refractivity contribution in [1.29, 1.82) is 0 Å². The molecule has 1 atom stereocenters. The molecule has 3 aromatic rings. The van der Waals surface area contributed by atoms with E-state index in [0.717, 1.165) is 46.0 Å².